The molecule has 1 saturated carbocycles. The fourth-order valence-corrected chi connectivity index (χ4v) is 1.67. The Bertz CT molecular complexity index is 218. The number of amides is 2. The van der Waals surface area contributed by atoms with Gasteiger partial charge in [0.25, 0.3) is 0 Å². The van der Waals surface area contributed by atoms with Gasteiger partial charge in [-0.1, -0.05) is 0 Å². The average molecular weight is 199 g/mol. The first-order valence-corrected chi connectivity index (χ1v) is 5.10. The number of ether oxygens (including phenoxy) is 1. The molecule has 1 aliphatic carbocycles. The molecule has 0 spiro atoms. The van der Waals surface area contributed by atoms with Gasteiger partial charge in [-0.15, -0.1) is 0 Å². The van der Waals surface area contributed by atoms with E-state index < -0.39 is 0 Å². The van der Waals surface area contributed by atoms with Crippen LogP contribution in [0.4, 0.5) is 4.79 Å². The minimum absolute atomic E-state index is 0.0664. The molecule has 2 fully saturated rings. The molecule has 1 heterocycles. The van der Waals surface area contributed by atoms with E-state index in [1.807, 2.05) is 0 Å². The number of carbonyl (C=O) groups is 1. The van der Waals surface area contributed by atoms with Crippen molar-refractivity contribution in [3.63, 3.8) is 0 Å². The molecule has 14 heavy (non-hydrogen) atoms. The minimum atomic E-state index is -0.0664. The van der Waals surface area contributed by atoms with Crippen LogP contribution in [0.5, 0.6) is 0 Å². The van der Waals surface area contributed by atoms with Crippen molar-refractivity contribution in [2.75, 3.05) is 20.2 Å². The summed E-state index contributed by atoms with van der Waals surface area (Å²) in [5, 5.41) is 8.99. The van der Waals surface area contributed by atoms with Crippen LogP contribution in [0.1, 0.15) is 12.8 Å². The third kappa shape index (κ3) is 2.36. The van der Waals surface area contributed by atoms with E-state index in [4.69, 9.17) is 4.74 Å². The molecule has 3 N–H and O–H groups in total. The SMILES string of the molecule is CO[C@H]1CNCC1NC(=O)NC1CC1. The lowest BCUT2D eigenvalue weighted by Crippen LogP contribution is -2.48. The number of urea groups is 1. The van der Waals surface area contributed by atoms with E-state index in [0.717, 1.165) is 25.9 Å². The second-order valence-electron chi connectivity index (χ2n) is 3.93. The molecular weight excluding hydrogens is 182 g/mol. The molecule has 2 atom stereocenters. The first-order valence-electron chi connectivity index (χ1n) is 5.10. The lowest BCUT2D eigenvalue weighted by molar-refractivity contribution is 0.0983. The van der Waals surface area contributed by atoms with Gasteiger partial charge in [0.1, 0.15) is 0 Å². The Morgan fingerprint density at radius 3 is 2.79 bits per heavy atom. The summed E-state index contributed by atoms with van der Waals surface area (Å²) in [6.45, 7) is 1.60. The fraction of sp³-hybridized carbons (Fsp3) is 0.889. The summed E-state index contributed by atoms with van der Waals surface area (Å²) in [5.74, 6) is 0. The van der Waals surface area contributed by atoms with E-state index >= 15 is 0 Å². The molecule has 2 aliphatic rings. The maximum atomic E-state index is 11.4. The van der Waals surface area contributed by atoms with E-state index in [2.05, 4.69) is 16.0 Å². The van der Waals surface area contributed by atoms with Crippen LogP contribution in [-0.4, -0.2) is 44.4 Å². The predicted octanol–water partition coefficient (Wildman–Crippen LogP) is -0.565. The van der Waals surface area contributed by atoms with E-state index in [1.54, 1.807) is 7.11 Å². The van der Waals surface area contributed by atoms with Gasteiger partial charge in [-0.25, -0.2) is 4.79 Å². The maximum absolute atomic E-state index is 11.4. The third-order valence-electron chi connectivity index (χ3n) is 2.69. The highest BCUT2D eigenvalue weighted by molar-refractivity contribution is 5.75. The highest BCUT2D eigenvalue weighted by Gasteiger charge is 2.30. The molecule has 80 valence electrons. The predicted molar refractivity (Wildman–Crippen MR) is 52.1 cm³/mol. The summed E-state index contributed by atoms with van der Waals surface area (Å²) in [5.41, 5.74) is 0. The van der Waals surface area contributed by atoms with E-state index in [9.17, 15) is 4.79 Å². The van der Waals surface area contributed by atoms with Crippen LogP contribution in [0, 0.1) is 0 Å². The number of methoxy groups -OCH3 is 1. The Hall–Kier alpha value is -0.810. The van der Waals surface area contributed by atoms with Crippen LogP contribution in [0.25, 0.3) is 0 Å². The van der Waals surface area contributed by atoms with Gasteiger partial charge >= 0.3 is 6.03 Å². The monoisotopic (exact) mass is 199 g/mol. The third-order valence-corrected chi connectivity index (χ3v) is 2.69. The van der Waals surface area contributed by atoms with E-state index in [1.165, 1.54) is 0 Å². The topological polar surface area (TPSA) is 62.4 Å². The van der Waals surface area contributed by atoms with Crippen LogP contribution in [0.2, 0.25) is 0 Å². The van der Waals surface area contributed by atoms with Gasteiger partial charge in [-0.05, 0) is 12.8 Å². The molecule has 0 aromatic heterocycles. The van der Waals surface area contributed by atoms with Gasteiger partial charge in [0, 0.05) is 26.2 Å². The molecule has 0 aromatic carbocycles. The fourth-order valence-electron chi connectivity index (χ4n) is 1.67. The number of rotatable bonds is 3. The van der Waals surface area contributed by atoms with Crippen molar-refractivity contribution < 1.29 is 9.53 Å². The van der Waals surface area contributed by atoms with Gasteiger partial charge in [-0.3, -0.25) is 0 Å². The van der Waals surface area contributed by atoms with Crippen molar-refractivity contribution in [1.29, 1.82) is 0 Å². The van der Waals surface area contributed by atoms with Gasteiger partial charge < -0.3 is 20.7 Å². The van der Waals surface area contributed by atoms with E-state index in [-0.39, 0.29) is 18.2 Å². The Labute approximate surface area is 83.6 Å². The zero-order valence-electron chi connectivity index (χ0n) is 8.38. The molecule has 1 unspecified atom stereocenters. The maximum Gasteiger partial charge on any atom is 0.315 e. The molecule has 0 radical (unpaired) electrons. The summed E-state index contributed by atoms with van der Waals surface area (Å²) in [7, 11) is 1.67. The lowest BCUT2D eigenvalue weighted by Gasteiger charge is -2.18. The van der Waals surface area contributed by atoms with Crippen molar-refractivity contribution >= 4 is 6.03 Å². The molecule has 5 heteroatoms. The van der Waals surface area contributed by atoms with E-state index in [0.29, 0.717) is 6.04 Å². The second kappa shape index (κ2) is 4.14. The van der Waals surface area contributed by atoms with Crippen molar-refractivity contribution in [2.24, 2.45) is 0 Å². The summed E-state index contributed by atoms with van der Waals surface area (Å²) in [6, 6.07) is 0.437. The molecule has 1 saturated heterocycles. The second-order valence-corrected chi connectivity index (χ2v) is 3.93. The Morgan fingerprint density at radius 1 is 1.36 bits per heavy atom. The number of carbonyl (C=O) groups excluding carboxylic acids is 1. The first-order chi connectivity index (χ1) is 6.79. The summed E-state index contributed by atoms with van der Waals surface area (Å²) in [6.07, 6.45) is 2.33. The zero-order chi connectivity index (χ0) is 9.97. The highest BCUT2D eigenvalue weighted by Crippen LogP contribution is 2.18. The average Bonchev–Trinajstić information content (AvgIpc) is 2.84. The van der Waals surface area contributed by atoms with Gasteiger partial charge in [0.05, 0.1) is 12.1 Å². The quantitative estimate of drug-likeness (QED) is 0.570. The summed E-state index contributed by atoms with van der Waals surface area (Å²) >= 11 is 0. The largest absolute Gasteiger partial charge is 0.378 e. The molecule has 5 nitrogen and oxygen atoms in total. The number of nitrogens with one attached hydrogen (secondary N) is 3. The number of hydrogen-bond acceptors (Lipinski definition) is 3. The van der Waals surface area contributed by atoms with Gasteiger partial charge in [0.15, 0.2) is 0 Å². The minimum Gasteiger partial charge on any atom is -0.378 e. The normalized spacial score (nSPS) is 31.5. The van der Waals surface area contributed by atoms with Gasteiger partial charge in [-0.2, -0.15) is 0 Å². The lowest BCUT2D eigenvalue weighted by atomic mass is 10.2. The van der Waals surface area contributed by atoms with Crippen LogP contribution in [0.15, 0.2) is 0 Å². The van der Waals surface area contributed by atoms with Crippen LogP contribution >= 0.6 is 0 Å². The van der Waals surface area contributed by atoms with Crippen LogP contribution < -0.4 is 16.0 Å². The molecular formula is C9H17N3O2. The van der Waals surface area contributed by atoms with Crippen molar-refractivity contribution in [3.05, 3.63) is 0 Å². The number of hydrogen-bond donors (Lipinski definition) is 3. The molecule has 2 amide bonds. The van der Waals surface area contributed by atoms with Crippen LogP contribution in [-0.2, 0) is 4.74 Å². The molecule has 0 aromatic rings. The van der Waals surface area contributed by atoms with Crippen molar-refractivity contribution in [2.45, 2.75) is 31.0 Å². The first kappa shape index (κ1) is 9.73. The van der Waals surface area contributed by atoms with Crippen molar-refractivity contribution in [3.8, 4) is 0 Å². The van der Waals surface area contributed by atoms with Gasteiger partial charge in [0.2, 0.25) is 0 Å². The van der Waals surface area contributed by atoms with Crippen molar-refractivity contribution in [1.82, 2.24) is 16.0 Å². The Morgan fingerprint density at radius 2 is 2.14 bits per heavy atom. The van der Waals surface area contributed by atoms with Crippen LogP contribution in [0.3, 0.4) is 0 Å². The summed E-state index contributed by atoms with van der Waals surface area (Å²) in [4.78, 5) is 11.4. The zero-order valence-corrected chi connectivity index (χ0v) is 8.38. The highest BCUT2D eigenvalue weighted by atomic mass is 16.5. The summed E-state index contributed by atoms with van der Waals surface area (Å²) < 4.78 is 5.24. The Balaban J connectivity index is 1.74. The molecule has 0 bridgehead atoms. The standard InChI is InChI=1S/C9H17N3O2/c1-14-8-5-10-4-7(8)12-9(13)11-6-2-3-6/h6-8,10H,2-5H2,1H3,(H2,11,12,13)/t7?,8-/m0/s1. The molecule has 2 rings (SSSR count). The Kier molecular flexibility index (Phi) is 2.88. The smallest absolute Gasteiger partial charge is 0.315 e. The molecule has 1 aliphatic heterocycles.